The van der Waals surface area contributed by atoms with Crippen molar-refractivity contribution in [3.05, 3.63) is 53.0 Å². The first-order chi connectivity index (χ1) is 14.4. The molecule has 4 rings (SSSR count). The number of likely N-dealkylation sites (N-methyl/N-ethyl adjacent to an activating group) is 1. The monoisotopic (exact) mass is 412 g/mol. The van der Waals surface area contributed by atoms with E-state index in [1.165, 1.54) is 4.90 Å². The van der Waals surface area contributed by atoms with E-state index < -0.39 is 23.5 Å². The van der Waals surface area contributed by atoms with Gasteiger partial charge in [-0.05, 0) is 36.8 Å². The number of Topliss-reactive ketones (excluding diaryl/α,β-unsaturated/α-hetero) is 1. The van der Waals surface area contributed by atoms with Gasteiger partial charge in [0, 0.05) is 5.57 Å². The van der Waals surface area contributed by atoms with Crippen molar-refractivity contribution in [2.24, 2.45) is 0 Å². The number of quaternary nitrogens is 1. The number of furan rings is 1. The number of carbonyl (C=O) groups excluding carboxylic acids is 2. The molecule has 0 saturated carbocycles. The van der Waals surface area contributed by atoms with Crippen LogP contribution in [-0.2, 0) is 9.59 Å². The van der Waals surface area contributed by atoms with Crippen molar-refractivity contribution in [2.45, 2.75) is 13.0 Å². The number of nitrogens with zero attached hydrogens (tertiary/aromatic N) is 1. The van der Waals surface area contributed by atoms with Crippen molar-refractivity contribution in [1.82, 2.24) is 4.90 Å². The third-order valence-electron chi connectivity index (χ3n) is 5.22. The van der Waals surface area contributed by atoms with Gasteiger partial charge in [0.2, 0.25) is 5.78 Å². The fraction of sp³-hybridized carbons (Fsp3) is 0.364. The van der Waals surface area contributed by atoms with E-state index in [0.29, 0.717) is 49.3 Å². The summed E-state index contributed by atoms with van der Waals surface area (Å²) in [4.78, 5) is 28.2. The molecule has 1 N–H and O–H groups in total. The molecule has 0 spiro atoms. The van der Waals surface area contributed by atoms with E-state index in [9.17, 15) is 14.7 Å². The number of benzene rings is 1. The van der Waals surface area contributed by atoms with E-state index in [2.05, 4.69) is 0 Å². The molecule has 1 unspecified atom stereocenters. The maximum absolute atomic E-state index is 13.4. The number of ketones is 1. The number of fused-ring (bicyclic) bond motifs is 1. The summed E-state index contributed by atoms with van der Waals surface area (Å²) in [5.74, 6) is 0.0544. The Kier molecular flexibility index (Phi) is 5.26. The lowest BCUT2D eigenvalue weighted by molar-refractivity contribution is -0.857. The van der Waals surface area contributed by atoms with Crippen molar-refractivity contribution in [2.75, 3.05) is 40.4 Å². The van der Waals surface area contributed by atoms with Crippen molar-refractivity contribution in [3.63, 3.8) is 0 Å². The summed E-state index contributed by atoms with van der Waals surface area (Å²) in [6, 6.07) is 7.39. The number of aryl methyl sites for hydroxylation is 1. The molecular weight excluding hydrogens is 388 g/mol. The van der Waals surface area contributed by atoms with Gasteiger partial charge in [-0.2, -0.15) is 0 Å². The number of rotatable bonds is 5. The van der Waals surface area contributed by atoms with Gasteiger partial charge in [-0.25, -0.2) is 0 Å². The summed E-state index contributed by atoms with van der Waals surface area (Å²) in [5, 5.41) is 13.4. The van der Waals surface area contributed by atoms with Crippen molar-refractivity contribution >= 4 is 17.4 Å². The Morgan fingerprint density at radius 1 is 1.13 bits per heavy atom. The normalized spacial score (nSPS) is 20.3. The van der Waals surface area contributed by atoms with Crippen LogP contribution in [0.4, 0.5) is 0 Å². The summed E-state index contributed by atoms with van der Waals surface area (Å²) >= 11 is 0. The first-order valence-corrected chi connectivity index (χ1v) is 9.88. The highest BCUT2D eigenvalue weighted by Gasteiger charge is 2.45. The molecule has 1 saturated heterocycles. The minimum absolute atomic E-state index is 0.0974. The van der Waals surface area contributed by atoms with Gasteiger partial charge in [-0.15, -0.1) is 0 Å². The van der Waals surface area contributed by atoms with Crippen LogP contribution in [0.25, 0.3) is 5.76 Å². The summed E-state index contributed by atoms with van der Waals surface area (Å²) < 4.78 is 16.8. The molecule has 2 aliphatic rings. The van der Waals surface area contributed by atoms with Crippen molar-refractivity contribution < 1.29 is 33.5 Å². The predicted octanol–water partition coefficient (Wildman–Crippen LogP) is -0.272. The van der Waals surface area contributed by atoms with Gasteiger partial charge in [0.05, 0.1) is 27.2 Å². The van der Waals surface area contributed by atoms with E-state index in [0.717, 1.165) is 4.90 Å². The molecule has 1 atom stereocenters. The first kappa shape index (κ1) is 20.0. The van der Waals surface area contributed by atoms with E-state index >= 15 is 0 Å². The summed E-state index contributed by atoms with van der Waals surface area (Å²) in [6.07, 6.45) is 0. The molecular formula is C22H24N2O6. The minimum Gasteiger partial charge on any atom is -0.872 e. The molecule has 158 valence electrons. The highest BCUT2D eigenvalue weighted by Crippen LogP contribution is 2.40. The zero-order valence-corrected chi connectivity index (χ0v) is 17.2. The first-order valence-electron chi connectivity index (χ1n) is 9.88. The second-order valence-corrected chi connectivity index (χ2v) is 7.74. The number of likely N-dealkylation sites (tertiary alicyclic amines) is 1. The molecule has 0 radical (unpaired) electrons. The average molecular weight is 412 g/mol. The third kappa shape index (κ3) is 3.54. The van der Waals surface area contributed by atoms with Crippen LogP contribution in [0.5, 0.6) is 11.5 Å². The second kappa shape index (κ2) is 7.87. The molecule has 1 fully saturated rings. The van der Waals surface area contributed by atoms with Crippen LogP contribution in [0.15, 0.2) is 40.3 Å². The zero-order chi connectivity index (χ0) is 21.4. The Hall–Kier alpha value is -3.26. The molecule has 0 aliphatic carbocycles. The van der Waals surface area contributed by atoms with E-state index in [1.807, 2.05) is 14.1 Å². The van der Waals surface area contributed by atoms with Crippen LogP contribution in [0.2, 0.25) is 0 Å². The molecule has 1 aromatic heterocycles. The molecule has 0 bridgehead atoms. The maximum atomic E-state index is 13.4. The number of carbonyl (C=O) groups is 2. The topological polar surface area (TPSA) is 96.5 Å². The largest absolute Gasteiger partial charge is 0.872 e. The van der Waals surface area contributed by atoms with Gasteiger partial charge in [-0.1, -0.05) is 11.8 Å². The summed E-state index contributed by atoms with van der Waals surface area (Å²) in [7, 11) is 3.92. The van der Waals surface area contributed by atoms with Crippen LogP contribution in [0, 0.1) is 6.92 Å². The van der Waals surface area contributed by atoms with E-state index in [-0.39, 0.29) is 11.1 Å². The van der Waals surface area contributed by atoms with Gasteiger partial charge >= 0.3 is 0 Å². The lowest BCUT2D eigenvalue weighted by Gasteiger charge is -2.26. The predicted molar refractivity (Wildman–Crippen MR) is 105 cm³/mol. The van der Waals surface area contributed by atoms with Gasteiger partial charge in [0.15, 0.2) is 11.5 Å². The highest BCUT2D eigenvalue weighted by atomic mass is 16.6. The quantitative estimate of drug-likeness (QED) is 0.413. The summed E-state index contributed by atoms with van der Waals surface area (Å²) in [6.45, 7) is 3.55. The van der Waals surface area contributed by atoms with Crippen LogP contribution in [0.3, 0.4) is 0 Å². The van der Waals surface area contributed by atoms with Gasteiger partial charge in [-0.3, -0.25) is 9.59 Å². The highest BCUT2D eigenvalue weighted by molar-refractivity contribution is 6.46. The Labute approximate surface area is 174 Å². The van der Waals surface area contributed by atoms with E-state index in [1.54, 1.807) is 37.3 Å². The summed E-state index contributed by atoms with van der Waals surface area (Å²) in [5.41, 5.74) is 0.170. The van der Waals surface area contributed by atoms with Crippen molar-refractivity contribution in [3.8, 4) is 11.5 Å². The second-order valence-electron chi connectivity index (χ2n) is 7.74. The van der Waals surface area contributed by atoms with Gasteiger partial charge in [0.25, 0.3) is 5.91 Å². The number of nitrogens with one attached hydrogen (secondary N) is 1. The Balaban J connectivity index is 1.80. The lowest BCUT2D eigenvalue weighted by atomic mass is 9.99. The Morgan fingerprint density at radius 2 is 1.87 bits per heavy atom. The van der Waals surface area contributed by atoms with Crippen LogP contribution in [-0.4, -0.2) is 57.0 Å². The molecule has 2 aliphatic heterocycles. The fourth-order valence-electron chi connectivity index (χ4n) is 3.68. The fourth-order valence-corrected chi connectivity index (χ4v) is 3.68. The van der Waals surface area contributed by atoms with Gasteiger partial charge in [0.1, 0.15) is 30.8 Å². The molecule has 2 aromatic rings. The van der Waals surface area contributed by atoms with Gasteiger partial charge < -0.3 is 28.8 Å². The molecule has 1 aromatic carbocycles. The number of hydrogen-bond acceptors (Lipinski definition) is 6. The van der Waals surface area contributed by atoms with Crippen molar-refractivity contribution in [1.29, 1.82) is 0 Å². The lowest BCUT2D eigenvalue weighted by Crippen LogP contribution is -3.06. The number of hydrogen-bond donors (Lipinski definition) is 1. The molecule has 3 heterocycles. The molecule has 1 amide bonds. The minimum atomic E-state index is -0.848. The van der Waals surface area contributed by atoms with Crippen LogP contribution < -0.4 is 19.5 Å². The standard InChI is InChI=1S/C22H24N2O6/c1-13-4-6-16(30-13)19-18(21(26)22(27)24(19)9-8-23(2)3)20(25)14-5-7-15-17(12-14)29-11-10-28-15/h4-7,12,19,25H,8-11H2,1-3H3/b20-18+. The maximum Gasteiger partial charge on any atom is 0.295 e. The van der Waals surface area contributed by atoms with E-state index in [4.69, 9.17) is 13.9 Å². The van der Waals surface area contributed by atoms with Crippen LogP contribution >= 0.6 is 0 Å². The molecule has 30 heavy (non-hydrogen) atoms. The molecule has 8 heteroatoms. The smallest absolute Gasteiger partial charge is 0.295 e. The molecule has 8 nitrogen and oxygen atoms in total. The zero-order valence-electron chi connectivity index (χ0n) is 17.2. The Bertz CT molecular complexity index is 1020. The SMILES string of the molecule is Cc1ccc(C2/C(=C(\[O-])c3ccc4c(c3)OCCO4)C(=O)C(=O)N2CC[NH+](C)C)o1. The third-order valence-corrected chi connectivity index (χ3v) is 5.22. The van der Waals surface area contributed by atoms with Crippen LogP contribution in [0.1, 0.15) is 23.1 Å². The number of ether oxygens (including phenoxy) is 2. The number of amides is 1. The average Bonchev–Trinajstić information content (AvgIpc) is 3.26. The Morgan fingerprint density at radius 3 is 2.53 bits per heavy atom.